The van der Waals surface area contributed by atoms with Crippen molar-refractivity contribution >= 4 is 11.6 Å². The highest BCUT2D eigenvalue weighted by Crippen LogP contribution is 2.37. The number of carbonyl (C=O) groups excluding carboxylic acids is 1. The van der Waals surface area contributed by atoms with Crippen molar-refractivity contribution in [1.29, 1.82) is 0 Å². The Bertz CT molecular complexity index is 827. The molecule has 0 saturated carbocycles. The molecule has 1 saturated heterocycles. The third-order valence-electron chi connectivity index (χ3n) is 5.53. The van der Waals surface area contributed by atoms with Gasteiger partial charge in [-0.25, -0.2) is 0 Å². The lowest BCUT2D eigenvalue weighted by atomic mass is 9.76. The summed E-state index contributed by atoms with van der Waals surface area (Å²) in [6, 6.07) is 10.1. The Morgan fingerprint density at radius 1 is 1.25 bits per heavy atom. The molecule has 28 heavy (non-hydrogen) atoms. The van der Waals surface area contributed by atoms with Crippen LogP contribution in [0.3, 0.4) is 0 Å². The van der Waals surface area contributed by atoms with Crippen molar-refractivity contribution in [3.8, 4) is 11.5 Å². The van der Waals surface area contributed by atoms with Gasteiger partial charge in [-0.3, -0.25) is 9.78 Å². The predicted octanol–water partition coefficient (Wildman–Crippen LogP) is 3.48. The number of hydrogen-bond acceptors (Lipinski definition) is 5. The summed E-state index contributed by atoms with van der Waals surface area (Å²) in [5, 5.41) is 3.36. The van der Waals surface area contributed by atoms with Crippen LogP contribution in [0.2, 0.25) is 0 Å². The lowest BCUT2D eigenvalue weighted by Gasteiger charge is -2.40. The molecule has 0 bridgehead atoms. The van der Waals surface area contributed by atoms with Gasteiger partial charge in [0.05, 0.1) is 5.69 Å². The Morgan fingerprint density at radius 3 is 3.00 bits per heavy atom. The first-order valence-electron chi connectivity index (χ1n) is 9.92. The van der Waals surface area contributed by atoms with Crippen LogP contribution in [0.1, 0.15) is 31.7 Å². The van der Waals surface area contributed by atoms with Crippen LogP contribution in [-0.2, 0) is 11.2 Å². The number of nitrogens with zero attached hydrogens (tertiary/aromatic N) is 2. The molecule has 6 nitrogen and oxygen atoms in total. The van der Waals surface area contributed by atoms with E-state index in [4.69, 9.17) is 9.47 Å². The standard InChI is InChI=1S/C22H27N3O3/c1-22(13-17-5-6-19-20(12-17)28-16-27-19)8-7-21(26)25(15-22)11-3-10-24-18-4-2-9-23-14-18/h2,4-6,9,12,14,24H,3,7-8,10-11,13,15-16H2,1H3/t22-/m1/s1. The quantitative estimate of drug-likeness (QED) is 0.744. The third kappa shape index (κ3) is 4.38. The van der Waals surface area contributed by atoms with Crippen molar-refractivity contribution in [3.05, 3.63) is 48.3 Å². The first kappa shape index (κ1) is 18.6. The molecule has 3 heterocycles. The fourth-order valence-electron chi connectivity index (χ4n) is 4.06. The van der Waals surface area contributed by atoms with Gasteiger partial charge in [0.25, 0.3) is 0 Å². The number of pyridine rings is 1. The van der Waals surface area contributed by atoms with E-state index in [2.05, 4.69) is 29.4 Å². The summed E-state index contributed by atoms with van der Waals surface area (Å²) in [5.41, 5.74) is 2.33. The van der Waals surface area contributed by atoms with E-state index in [9.17, 15) is 4.79 Å². The Morgan fingerprint density at radius 2 is 2.14 bits per heavy atom. The zero-order valence-corrected chi connectivity index (χ0v) is 16.3. The van der Waals surface area contributed by atoms with Gasteiger partial charge in [-0.1, -0.05) is 13.0 Å². The molecule has 4 rings (SSSR count). The first-order chi connectivity index (χ1) is 13.6. The van der Waals surface area contributed by atoms with Gasteiger partial charge >= 0.3 is 0 Å². The van der Waals surface area contributed by atoms with Gasteiger partial charge in [-0.2, -0.15) is 0 Å². The lowest BCUT2D eigenvalue weighted by molar-refractivity contribution is -0.137. The SMILES string of the molecule is C[C@]1(Cc2ccc3c(c2)OCO3)CCC(=O)N(CCCNc2cccnc2)C1. The van der Waals surface area contributed by atoms with Crippen molar-refractivity contribution in [2.45, 2.75) is 32.6 Å². The third-order valence-corrected chi connectivity index (χ3v) is 5.53. The molecule has 1 aromatic heterocycles. The smallest absolute Gasteiger partial charge is 0.231 e. The fraction of sp³-hybridized carbons (Fsp3) is 0.455. The number of amides is 1. The number of carbonyl (C=O) groups is 1. The van der Waals surface area contributed by atoms with Crippen molar-refractivity contribution in [2.75, 3.05) is 31.7 Å². The number of fused-ring (bicyclic) bond motifs is 1. The van der Waals surface area contributed by atoms with Crippen LogP contribution in [-0.4, -0.2) is 42.2 Å². The molecule has 0 radical (unpaired) electrons. The minimum atomic E-state index is 0.0817. The highest BCUT2D eigenvalue weighted by atomic mass is 16.7. The van der Waals surface area contributed by atoms with E-state index in [1.807, 2.05) is 29.3 Å². The second-order valence-electron chi connectivity index (χ2n) is 8.01. The zero-order chi connectivity index (χ0) is 19.4. The number of piperidine rings is 1. The van der Waals surface area contributed by atoms with Gasteiger partial charge < -0.3 is 19.7 Å². The van der Waals surface area contributed by atoms with Crippen LogP contribution >= 0.6 is 0 Å². The molecule has 1 amide bonds. The molecule has 2 aliphatic heterocycles. The van der Waals surface area contributed by atoms with Crippen molar-refractivity contribution < 1.29 is 14.3 Å². The van der Waals surface area contributed by atoms with Gasteiger partial charge in [0, 0.05) is 38.4 Å². The van der Waals surface area contributed by atoms with Crippen LogP contribution in [0.4, 0.5) is 5.69 Å². The summed E-state index contributed by atoms with van der Waals surface area (Å²) in [6.45, 7) is 4.99. The van der Waals surface area contributed by atoms with Crippen LogP contribution in [0.15, 0.2) is 42.7 Å². The van der Waals surface area contributed by atoms with Crippen LogP contribution in [0, 0.1) is 5.41 Å². The van der Waals surface area contributed by atoms with Gasteiger partial charge in [-0.05, 0) is 54.5 Å². The molecule has 2 aromatic rings. The van der Waals surface area contributed by atoms with Gasteiger partial charge in [0.2, 0.25) is 12.7 Å². The normalized spacial score (nSPS) is 21.0. The highest BCUT2D eigenvalue weighted by molar-refractivity contribution is 5.77. The van der Waals surface area contributed by atoms with Gasteiger partial charge in [0.1, 0.15) is 0 Å². The number of nitrogens with one attached hydrogen (secondary N) is 1. The number of ether oxygens (including phenoxy) is 2. The number of benzene rings is 1. The second kappa shape index (κ2) is 8.09. The first-order valence-corrected chi connectivity index (χ1v) is 9.92. The maximum absolute atomic E-state index is 12.4. The number of rotatable bonds is 7. The number of likely N-dealkylation sites (tertiary alicyclic amines) is 1. The monoisotopic (exact) mass is 381 g/mol. The summed E-state index contributed by atoms with van der Waals surface area (Å²) in [5.74, 6) is 1.91. The van der Waals surface area contributed by atoms with Crippen molar-refractivity contribution in [3.63, 3.8) is 0 Å². The Balaban J connectivity index is 1.31. The lowest BCUT2D eigenvalue weighted by Crippen LogP contribution is -2.46. The zero-order valence-electron chi connectivity index (χ0n) is 16.3. The molecule has 148 valence electrons. The van der Waals surface area contributed by atoms with Crippen molar-refractivity contribution in [1.82, 2.24) is 9.88 Å². The Hall–Kier alpha value is -2.76. The minimum Gasteiger partial charge on any atom is -0.454 e. The molecule has 1 N–H and O–H groups in total. The largest absolute Gasteiger partial charge is 0.454 e. The minimum absolute atomic E-state index is 0.0817. The van der Waals surface area contributed by atoms with Crippen LogP contribution < -0.4 is 14.8 Å². The van der Waals surface area contributed by atoms with E-state index in [-0.39, 0.29) is 11.3 Å². The van der Waals surface area contributed by atoms with E-state index in [0.717, 1.165) is 56.1 Å². The summed E-state index contributed by atoms with van der Waals surface area (Å²) < 4.78 is 10.9. The molecule has 1 aromatic carbocycles. The van der Waals surface area contributed by atoms with E-state index in [1.54, 1.807) is 6.20 Å². The molecule has 0 spiro atoms. The van der Waals surface area contributed by atoms with Crippen LogP contribution in [0.5, 0.6) is 11.5 Å². The maximum atomic E-state index is 12.4. The molecule has 1 atom stereocenters. The summed E-state index contributed by atoms with van der Waals surface area (Å²) in [4.78, 5) is 18.5. The molecule has 0 aliphatic carbocycles. The highest BCUT2D eigenvalue weighted by Gasteiger charge is 2.35. The van der Waals surface area contributed by atoms with Crippen molar-refractivity contribution in [2.24, 2.45) is 5.41 Å². The van der Waals surface area contributed by atoms with E-state index in [1.165, 1.54) is 5.56 Å². The predicted molar refractivity (Wildman–Crippen MR) is 108 cm³/mol. The van der Waals surface area contributed by atoms with Gasteiger partial charge in [0.15, 0.2) is 11.5 Å². The van der Waals surface area contributed by atoms with E-state index < -0.39 is 0 Å². The van der Waals surface area contributed by atoms with Gasteiger partial charge in [-0.15, -0.1) is 0 Å². The molecule has 0 unspecified atom stereocenters. The summed E-state index contributed by atoms with van der Waals surface area (Å²) in [7, 11) is 0. The number of hydrogen-bond donors (Lipinski definition) is 1. The average molecular weight is 381 g/mol. The topological polar surface area (TPSA) is 63.7 Å². The van der Waals surface area contributed by atoms with E-state index >= 15 is 0 Å². The summed E-state index contributed by atoms with van der Waals surface area (Å²) in [6.07, 6.45) is 6.97. The van der Waals surface area contributed by atoms with E-state index in [0.29, 0.717) is 13.2 Å². The fourth-order valence-corrected chi connectivity index (χ4v) is 4.06. The Labute approximate surface area is 165 Å². The molecule has 1 fully saturated rings. The Kier molecular flexibility index (Phi) is 5.37. The number of anilines is 1. The number of aromatic nitrogens is 1. The molecule has 2 aliphatic rings. The second-order valence-corrected chi connectivity index (χ2v) is 8.01. The maximum Gasteiger partial charge on any atom is 0.231 e. The molecular weight excluding hydrogens is 354 g/mol. The average Bonchev–Trinajstić information content (AvgIpc) is 3.16. The summed E-state index contributed by atoms with van der Waals surface area (Å²) >= 11 is 0. The molecule has 6 heteroatoms. The van der Waals surface area contributed by atoms with Crippen LogP contribution in [0.25, 0.3) is 0 Å². The molecular formula is C22H27N3O3.